The molecule has 0 radical (unpaired) electrons. The van der Waals surface area contributed by atoms with Crippen LogP contribution in [-0.2, 0) is 16.4 Å². The maximum absolute atomic E-state index is 13.0. The average molecular weight is 387 g/mol. The van der Waals surface area contributed by atoms with Gasteiger partial charge in [-0.25, -0.2) is 8.42 Å². The lowest BCUT2D eigenvalue weighted by molar-refractivity contribution is 0.389. The van der Waals surface area contributed by atoms with E-state index in [0.29, 0.717) is 31.0 Å². The molecule has 4 rings (SSSR count). The topological polar surface area (TPSA) is 94.1 Å². The third-order valence-electron chi connectivity index (χ3n) is 4.94. The van der Waals surface area contributed by atoms with Crippen molar-refractivity contribution in [3.8, 4) is 5.69 Å². The zero-order valence-electron chi connectivity index (χ0n) is 15.2. The van der Waals surface area contributed by atoms with Gasteiger partial charge >= 0.3 is 0 Å². The Hall–Kier alpha value is -2.52. The lowest BCUT2D eigenvalue weighted by Crippen LogP contribution is -2.30. The van der Waals surface area contributed by atoms with Gasteiger partial charge in [-0.3, -0.25) is 4.57 Å². The van der Waals surface area contributed by atoms with E-state index in [9.17, 15) is 8.42 Å². The summed E-state index contributed by atoms with van der Waals surface area (Å²) in [6, 6.07) is 9.88. The number of sulfonamides is 1. The first-order valence-electron chi connectivity index (χ1n) is 8.84. The van der Waals surface area contributed by atoms with Crippen molar-refractivity contribution in [3.63, 3.8) is 0 Å². The largest absolute Gasteiger partial charge is 0.360 e. The van der Waals surface area contributed by atoms with Gasteiger partial charge in [0.15, 0.2) is 5.76 Å². The molecule has 0 amide bonds. The van der Waals surface area contributed by atoms with Crippen molar-refractivity contribution in [2.75, 3.05) is 13.1 Å². The van der Waals surface area contributed by atoms with E-state index >= 15 is 0 Å². The minimum absolute atomic E-state index is 0.187. The maximum atomic E-state index is 13.0. The van der Waals surface area contributed by atoms with Crippen LogP contribution < -0.4 is 0 Å². The normalized spacial score (nSPS) is 18.2. The number of aromatic nitrogens is 4. The number of rotatable bonds is 5. The van der Waals surface area contributed by atoms with Crippen molar-refractivity contribution in [1.82, 2.24) is 24.2 Å². The Balaban J connectivity index is 1.51. The summed E-state index contributed by atoms with van der Waals surface area (Å²) in [4.78, 5) is 0.190. The summed E-state index contributed by atoms with van der Waals surface area (Å²) >= 11 is 0. The summed E-state index contributed by atoms with van der Waals surface area (Å²) in [5.74, 6) is 1.36. The van der Waals surface area contributed by atoms with Crippen LogP contribution in [0.2, 0.25) is 0 Å². The highest BCUT2D eigenvalue weighted by atomic mass is 32.2. The van der Waals surface area contributed by atoms with Gasteiger partial charge in [0, 0.05) is 25.2 Å². The summed E-state index contributed by atoms with van der Waals surface area (Å²) in [5.41, 5.74) is 1.40. The molecule has 142 valence electrons. The fraction of sp³-hybridized carbons (Fsp3) is 0.389. The Morgan fingerprint density at radius 3 is 2.70 bits per heavy atom. The fourth-order valence-corrected chi connectivity index (χ4v) is 5.44. The van der Waals surface area contributed by atoms with Crippen molar-refractivity contribution >= 4 is 10.0 Å². The number of hydrogen-bond acceptors (Lipinski definition) is 6. The molecule has 1 saturated heterocycles. The second-order valence-corrected chi connectivity index (χ2v) is 8.70. The highest BCUT2D eigenvalue weighted by molar-refractivity contribution is 7.89. The van der Waals surface area contributed by atoms with E-state index in [0.717, 1.165) is 17.9 Å². The van der Waals surface area contributed by atoms with E-state index < -0.39 is 10.0 Å². The van der Waals surface area contributed by atoms with Crippen LogP contribution in [0.25, 0.3) is 5.69 Å². The molecular formula is C18H21N5O3S. The quantitative estimate of drug-likeness (QED) is 0.666. The second kappa shape index (κ2) is 6.90. The summed E-state index contributed by atoms with van der Waals surface area (Å²) < 4.78 is 34.4. The Labute approximate surface area is 157 Å². The Kier molecular flexibility index (Phi) is 4.56. The molecule has 0 aliphatic carbocycles. The average Bonchev–Trinajstić information content (AvgIpc) is 3.37. The van der Waals surface area contributed by atoms with Crippen LogP contribution in [0, 0.1) is 19.8 Å². The fourth-order valence-electron chi connectivity index (χ4n) is 3.61. The minimum Gasteiger partial charge on any atom is -0.360 e. The second-order valence-electron chi connectivity index (χ2n) is 6.83. The first-order valence-corrected chi connectivity index (χ1v) is 10.3. The van der Waals surface area contributed by atoms with E-state index in [1.807, 2.05) is 34.9 Å². The van der Waals surface area contributed by atoms with Crippen LogP contribution in [0.15, 0.2) is 46.1 Å². The first kappa shape index (κ1) is 17.9. The summed E-state index contributed by atoms with van der Waals surface area (Å²) in [6.07, 6.45) is 3.14. The first-order chi connectivity index (χ1) is 13.0. The highest BCUT2D eigenvalue weighted by Crippen LogP contribution is 2.29. The Morgan fingerprint density at radius 2 is 2.00 bits per heavy atom. The van der Waals surface area contributed by atoms with Crippen molar-refractivity contribution in [3.05, 3.63) is 53.9 Å². The lowest BCUT2D eigenvalue weighted by atomic mass is 10.0. The molecule has 1 aliphatic rings. The molecule has 9 heteroatoms. The molecule has 0 bridgehead atoms. The zero-order chi connectivity index (χ0) is 19.0. The zero-order valence-corrected chi connectivity index (χ0v) is 16.1. The molecule has 1 unspecified atom stereocenters. The molecule has 1 aliphatic heterocycles. The smallest absolute Gasteiger partial charge is 0.248 e. The van der Waals surface area contributed by atoms with Gasteiger partial charge in [0.2, 0.25) is 10.0 Å². The molecule has 1 fully saturated rings. The van der Waals surface area contributed by atoms with Crippen LogP contribution in [0.3, 0.4) is 0 Å². The van der Waals surface area contributed by atoms with Crippen LogP contribution in [-0.4, -0.2) is 45.7 Å². The van der Waals surface area contributed by atoms with Gasteiger partial charge in [-0.2, -0.15) is 4.31 Å². The minimum atomic E-state index is -3.60. The standard InChI is InChI=1S/C18H21N5O3S/c1-13-18(14(2)26-21-13)27(24,25)22-9-8-15(11-22)10-17-20-19-12-23(17)16-6-4-3-5-7-16/h3-7,12,15H,8-11H2,1-2H3. The number of benzene rings is 1. The van der Waals surface area contributed by atoms with Gasteiger partial charge in [-0.15, -0.1) is 10.2 Å². The molecule has 0 N–H and O–H groups in total. The summed E-state index contributed by atoms with van der Waals surface area (Å²) in [5, 5.41) is 12.1. The Bertz CT molecular complexity index is 1020. The van der Waals surface area contributed by atoms with Gasteiger partial charge in [0.1, 0.15) is 22.7 Å². The van der Waals surface area contributed by atoms with Crippen molar-refractivity contribution in [2.45, 2.75) is 31.6 Å². The Morgan fingerprint density at radius 1 is 1.22 bits per heavy atom. The highest BCUT2D eigenvalue weighted by Gasteiger charge is 2.36. The van der Waals surface area contributed by atoms with Crippen molar-refractivity contribution < 1.29 is 12.9 Å². The third kappa shape index (κ3) is 3.28. The number of aryl methyl sites for hydroxylation is 2. The molecule has 8 nitrogen and oxygen atoms in total. The van der Waals surface area contributed by atoms with Gasteiger partial charge in [-0.05, 0) is 38.3 Å². The third-order valence-corrected chi connectivity index (χ3v) is 7.05. The van der Waals surface area contributed by atoms with Gasteiger partial charge in [0.25, 0.3) is 0 Å². The van der Waals surface area contributed by atoms with E-state index in [1.165, 1.54) is 4.31 Å². The number of para-hydroxylation sites is 1. The van der Waals surface area contributed by atoms with Crippen LogP contribution in [0.5, 0.6) is 0 Å². The monoisotopic (exact) mass is 387 g/mol. The van der Waals surface area contributed by atoms with Crippen LogP contribution in [0.1, 0.15) is 23.7 Å². The predicted molar refractivity (Wildman–Crippen MR) is 97.9 cm³/mol. The molecule has 3 aromatic rings. The van der Waals surface area contributed by atoms with Gasteiger partial charge < -0.3 is 4.52 Å². The van der Waals surface area contributed by atoms with E-state index in [1.54, 1.807) is 20.2 Å². The lowest BCUT2D eigenvalue weighted by Gasteiger charge is -2.16. The molecule has 1 atom stereocenters. The molecular weight excluding hydrogens is 366 g/mol. The maximum Gasteiger partial charge on any atom is 0.248 e. The molecule has 2 aromatic heterocycles. The van der Waals surface area contributed by atoms with Crippen LogP contribution in [0.4, 0.5) is 0 Å². The molecule has 3 heterocycles. The van der Waals surface area contributed by atoms with Gasteiger partial charge in [0.05, 0.1) is 0 Å². The predicted octanol–water partition coefficient (Wildman–Crippen LogP) is 2.13. The van der Waals surface area contributed by atoms with Crippen molar-refractivity contribution in [1.29, 1.82) is 0 Å². The molecule has 0 spiro atoms. The van der Waals surface area contributed by atoms with E-state index in [2.05, 4.69) is 15.4 Å². The summed E-state index contributed by atoms with van der Waals surface area (Å²) in [7, 11) is -3.60. The van der Waals surface area contributed by atoms with Crippen LogP contribution >= 0.6 is 0 Å². The number of hydrogen-bond donors (Lipinski definition) is 0. The van der Waals surface area contributed by atoms with Gasteiger partial charge in [-0.1, -0.05) is 23.4 Å². The molecule has 27 heavy (non-hydrogen) atoms. The molecule has 1 aromatic carbocycles. The summed E-state index contributed by atoms with van der Waals surface area (Å²) in [6.45, 7) is 4.21. The SMILES string of the molecule is Cc1noc(C)c1S(=O)(=O)N1CCC(Cc2nncn2-c2ccccc2)C1. The van der Waals surface area contributed by atoms with E-state index in [4.69, 9.17) is 4.52 Å². The molecule has 0 saturated carbocycles. The van der Waals surface area contributed by atoms with Crippen molar-refractivity contribution in [2.24, 2.45) is 5.92 Å². The number of nitrogens with zero attached hydrogens (tertiary/aromatic N) is 5. The van der Waals surface area contributed by atoms with E-state index in [-0.39, 0.29) is 10.8 Å².